The molecule has 0 aliphatic carbocycles. The Morgan fingerprint density at radius 1 is 1.53 bits per heavy atom. The summed E-state index contributed by atoms with van der Waals surface area (Å²) in [5.41, 5.74) is 2.16. The number of hydrogen-bond donors (Lipinski definition) is 1. The molecule has 19 heavy (non-hydrogen) atoms. The highest BCUT2D eigenvalue weighted by atomic mass is 32.1. The Morgan fingerprint density at radius 2 is 2.32 bits per heavy atom. The average Bonchev–Trinajstić information content (AvgIpc) is 2.92. The van der Waals surface area contributed by atoms with Gasteiger partial charge in [0, 0.05) is 18.8 Å². The summed E-state index contributed by atoms with van der Waals surface area (Å²) >= 11 is 1.05. The largest absolute Gasteiger partial charge is 0.361 e. The molecule has 0 bridgehead atoms. The number of thiazole rings is 1. The third-order valence-corrected chi connectivity index (χ3v) is 3.51. The maximum atomic E-state index is 10.5. The van der Waals surface area contributed by atoms with E-state index in [1.807, 2.05) is 24.6 Å². The summed E-state index contributed by atoms with van der Waals surface area (Å²) in [7, 11) is 0. The SMILES string of the molecule is Cc1cc(C)n(CCCNc2ncc([N+](=O)[O-])s2)n1. The summed E-state index contributed by atoms with van der Waals surface area (Å²) in [6.07, 6.45) is 2.16. The van der Waals surface area contributed by atoms with E-state index in [1.54, 1.807) is 0 Å². The van der Waals surface area contributed by atoms with E-state index < -0.39 is 4.92 Å². The highest BCUT2D eigenvalue weighted by Gasteiger charge is 2.10. The molecule has 0 radical (unpaired) electrons. The second-order valence-corrected chi connectivity index (χ2v) is 5.20. The summed E-state index contributed by atoms with van der Waals surface area (Å²) < 4.78 is 1.96. The molecule has 0 amide bonds. The first-order valence-corrected chi connectivity index (χ1v) is 6.73. The van der Waals surface area contributed by atoms with Crippen LogP contribution in [-0.2, 0) is 6.54 Å². The summed E-state index contributed by atoms with van der Waals surface area (Å²) in [4.78, 5) is 14.0. The fraction of sp³-hybridized carbons (Fsp3) is 0.455. The van der Waals surface area contributed by atoms with Crippen molar-refractivity contribution in [2.45, 2.75) is 26.8 Å². The lowest BCUT2D eigenvalue weighted by Gasteiger charge is -2.04. The smallest absolute Gasteiger partial charge is 0.345 e. The van der Waals surface area contributed by atoms with Crippen LogP contribution in [0.2, 0.25) is 0 Å². The van der Waals surface area contributed by atoms with E-state index in [-0.39, 0.29) is 5.00 Å². The average molecular weight is 281 g/mol. The van der Waals surface area contributed by atoms with Gasteiger partial charge in [-0.25, -0.2) is 4.98 Å². The molecule has 0 aromatic carbocycles. The first kappa shape index (κ1) is 13.5. The van der Waals surface area contributed by atoms with Gasteiger partial charge in [0.15, 0.2) is 5.13 Å². The molecule has 102 valence electrons. The molecule has 2 heterocycles. The molecular weight excluding hydrogens is 266 g/mol. The van der Waals surface area contributed by atoms with Gasteiger partial charge in [0.05, 0.1) is 10.6 Å². The molecule has 0 aliphatic rings. The van der Waals surface area contributed by atoms with Gasteiger partial charge in [-0.1, -0.05) is 0 Å². The van der Waals surface area contributed by atoms with Crippen LogP contribution in [-0.4, -0.2) is 26.2 Å². The van der Waals surface area contributed by atoms with Crippen LogP contribution >= 0.6 is 11.3 Å². The van der Waals surface area contributed by atoms with Crippen molar-refractivity contribution in [3.8, 4) is 0 Å². The molecule has 2 aromatic heterocycles. The van der Waals surface area contributed by atoms with Crippen molar-refractivity contribution in [1.82, 2.24) is 14.8 Å². The molecule has 2 rings (SSSR count). The lowest BCUT2D eigenvalue weighted by molar-refractivity contribution is -0.380. The molecule has 0 aliphatic heterocycles. The minimum absolute atomic E-state index is 0.0565. The topological polar surface area (TPSA) is 85.9 Å². The molecule has 2 aromatic rings. The number of aryl methyl sites for hydroxylation is 3. The molecular formula is C11H15N5O2S. The third-order valence-electron chi connectivity index (χ3n) is 2.60. The van der Waals surface area contributed by atoms with Gasteiger partial charge in [0.25, 0.3) is 0 Å². The van der Waals surface area contributed by atoms with Gasteiger partial charge in [-0.3, -0.25) is 14.8 Å². The molecule has 0 fully saturated rings. The van der Waals surface area contributed by atoms with Crippen LogP contribution in [0.5, 0.6) is 0 Å². The molecule has 8 heteroatoms. The number of rotatable bonds is 6. The van der Waals surface area contributed by atoms with Crippen molar-refractivity contribution in [2.24, 2.45) is 0 Å². The predicted molar refractivity (Wildman–Crippen MR) is 73.6 cm³/mol. The van der Waals surface area contributed by atoms with Crippen LogP contribution in [0.15, 0.2) is 12.3 Å². The van der Waals surface area contributed by atoms with E-state index in [0.717, 1.165) is 35.7 Å². The Hall–Kier alpha value is -1.96. The summed E-state index contributed by atoms with van der Waals surface area (Å²) in [5.74, 6) is 0. The molecule has 0 unspecified atom stereocenters. The molecule has 1 N–H and O–H groups in total. The zero-order valence-electron chi connectivity index (χ0n) is 10.8. The maximum Gasteiger partial charge on any atom is 0.345 e. The van der Waals surface area contributed by atoms with Crippen LogP contribution in [0.25, 0.3) is 0 Å². The van der Waals surface area contributed by atoms with E-state index in [9.17, 15) is 10.1 Å². The van der Waals surface area contributed by atoms with Crippen molar-refractivity contribution in [1.29, 1.82) is 0 Å². The lowest BCUT2D eigenvalue weighted by Crippen LogP contribution is -2.08. The minimum atomic E-state index is -0.432. The quantitative estimate of drug-likeness (QED) is 0.499. The van der Waals surface area contributed by atoms with Crippen LogP contribution in [0.1, 0.15) is 17.8 Å². The number of aromatic nitrogens is 3. The molecule has 0 spiro atoms. The van der Waals surface area contributed by atoms with Gasteiger partial charge in [0.1, 0.15) is 6.20 Å². The first-order valence-electron chi connectivity index (χ1n) is 5.91. The summed E-state index contributed by atoms with van der Waals surface area (Å²) in [6.45, 7) is 5.53. The van der Waals surface area contributed by atoms with Crippen molar-refractivity contribution in [3.05, 3.63) is 33.8 Å². The van der Waals surface area contributed by atoms with Crippen LogP contribution in [0.4, 0.5) is 10.1 Å². The molecule has 0 saturated heterocycles. The minimum Gasteiger partial charge on any atom is -0.361 e. The maximum absolute atomic E-state index is 10.5. The van der Waals surface area contributed by atoms with Gasteiger partial charge in [-0.2, -0.15) is 5.10 Å². The van der Waals surface area contributed by atoms with Gasteiger partial charge >= 0.3 is 5.00 Å². The lowest BCUT2D eigenvalue weighted by atomic mass is 10.4. The fourth-order valence-electron chi connectivity index (χ4n) is 1.76. The first-order chi connectivity index (χ1) is 9.06. The van der Waals surface area contributed by atoms with Gasteiger partial charge < -0.3 is 5.32 Å². The van der Waals surface area contributed by atoms with Crippen LogP contribution in [0.3, 0.4) is 0 Å². The number of hydrogen-bond acceptors (Lipinski definition) is 6. The van der Waals surface area contributed by atoms with Crippen molar-refractivity contribution < 1.29 is 4.92 Å². The van der Waals surface area contributed by atoms with Crippen molar-refractivity contribution in [2.75, 3.05) is 11.9 Å². The predicted octanol–water partition coefficient (Wildman–Crippen LogP) is 2.37. The Bertz CT molecular complexity index is 577. The standard InChI is InChI=1S/C11H15N5O2S/c1-8-6-9(2)15(14-8)5-3-4-12-11-13-7-10(19-11)16(17)18/h6-7H,3-5H2,1-2H3,(H,12,13). The van der Waals surface area contributed by atoms with Gasteiger partial charge in [0.2, 0.25) is 0 Å². The van der Waals surface area contributed by atoms with Crippen molar-refractivity contribution in [3.63, 3.8) is 0 Å². The third kappa shape index (κ3) is 3.50. The van der Waals surface area contributed by atoms with E-state index in [2.05, 4.69) is 15.4 Å². The number of nitrogens with one attached hydrogen (secondary N) is 1. The number of nitro groups is 1. The second kappa shape index (κ2) is 5.79. The Morgan fingerprint density at radius 3 is 2.89 bits per heavy atom. The molecule has 7 nitrogen and oxygen atoms in total. The normalized spacial score (nSPS) is 10.6. The zero-order valence-corrected chi connectivity index (χ0v) is 11.6. The van der Waals surface area contributed by atoms with E-state index in [1.165, 1.54) is 6.20 Å². The number of anilines is 1. The Labute approximate surface area is 114 Å². The van der Waals surface area contributed by atoms with Gasteiger partial charge in [-0.05, 0) is 37.7 Å². The second-order valence-electron chi connectivity index (χ2n) is 4.19. The number of nitrogens with zero attached hydrogens (tertiary/aromatic N) is 4. The molecule has 0 atom stereocenters. The van der Waals surface area contributed by atoms with Crippen molar-refractivity contribution >= 4 is 21.5 Å². The van der Waals surface area contributed by atoms with E-state index in [4.69, 9.17) is 0 Å². The van der Waals surface area contributed by atoms with Crippen LogP contribution in [0, 0.1) is 24.0 Å². The summed E-state index contributed by atoms with van der Waals surface area (Å²) in [5, 5.41) is 18.6. The van der Waals surface area contributed by atoms with E-state index >= 15 is 0 Å². The molecule has 0 saturated carbocycles. The Balaban J connectivity index is 1.77. The monoisotopic (exact) mass is 281 g/mol. The van der Waals surface area contributed by atoms with E-state index in [0.29, 0.717) is 11.7 Å². The van der Waals surface area contributed by atoms with Gasteiger partial charge in [-0.15, -0.1) is 0 Å². The van der Waals surface area contributed by atoms with Crippen LogP contribution < -0.4 is 5.32 Å². The summed E-state index contributed by atoms with van der Waals surface area (Å²) in [6, 6.07) is 2.04. The highest BCUT2D eigenvalue weighted by molar-refractivity contribution is 7.18. The Kier molecular flexibility index (Phi) is 4.10. The fourth-order valence-corrected chi connectivity index (χ4v) is 2.41. The zero-order chi connectivity index (χ0) is 13.8. The highest BCUT2D eigenvalue weighted by Crippen LogP contribution is 2.24.